The standard InChI is InChI=1S/C16H19NO3S2/c18-22(19,16-8-2-1-3-9-16)17(12-14-6-4-10-20-14)13-15-7-5-11-21-15/h1-3,5,7-9,11,14H,4,6,10,12-13H2. The summed E-state index contributed by atoms with van der Waals surface area (Å²) < 4.78 is 33.0. The maximum Gasteiger partial charge on any atom is 0.243 e. The van der Waals surface area contributed by atoms with Gasteiger partial charge in [-0.3, -0.25) is 0 Å². The van der Waals surface area contributed by atoms with Crippen LogP contribution in [0.1, 0.15) is 17.7 Å². The van der Waals surface area contributed by atoms with Crippen LogP contribution in [0.25, 0.3) is 0 Å². The third kappa shape index (κ3) is 3.57. The van der Waals surface area contributed by atoms with Crippen molar-refractivity contribution in [3.8, 4) is 0 Å². The minimum Gasteiger partial charge on any atom is -0.377 e. The molecule has 0 bridgehead atoms. The lowest BCUT2D eigenvalue weighted by molar-refractivity contribution is 0.0927. The molecule has 6 heteroatoms. The molecule has 118 valence electrons. The van der Waals surface area contributed by atoms with Crippen molar-refractivity contribution < 1.29 is 13.2 Å². The first-order valence-electron chi connectivity index (χ1n) is 7.35. The fraction of sp³-hybridized carbons (Fsp3) is 0.375. The van der Waals surface area contributed by atoms with E-state index in [9.17, 15) is 8.42 Å². The molecule has 0 N–H and O–H groups in total. The number of thiophene rings is 1. The maximum atomic E-state index is 12.9. The van der Waals surface area contributed by atoms with Crippen LogP contribution in [0.2, 0.25) is 0 Å². The van der Waals surface area contributed by atoms with E-state index in [0.717, 1.165) is 24.3 Å². The maximum absolute atomic E-state index is 12.9. The van der Waals surface area contributed by atoms with Crippen LogP contribution in [0.15, 0.2) is 52.7 Å². The van der Waals surface area contributed by atoms with Gasteiger partial charge in [-0.25, -0.2) is 8.42 Å². The summed E-state index contributed by atoms with van der Waals surface area (Å²) in [6.45, 7) is 1.53. The van der Waals surface area contributed by atoms with Crippen molar-refractivity contribution >= 4 is 21.4 Å². The first-order valence-corrected chi connectivity index (χ1v) is 9.67. The van der Waals surface area contributed by atoms with E-state index in [1.54, 1.807) is 39.9 Å². The first kappa shape index (κ1) is 15.7. The Hall–Kier alpha value is -1.21. The molecule has 1 aliphatic heterocycles. The molecule has 1 aromatic heterocycles. The second-order valence-corrected chi connectivity index (χ2v) is 8.30. The van der Waals surface area contributed by atoms with Gasteiger partial charge in [0, 0.05) is 24.6 Å². The number of rotatable bonds is 6. The number of nitrogens with zero attached hydrogens (tertiary/aromatic N) is 1. The number of hydrogen-bond donors (Lipinski definition) is 0. The summed E-state index contributed by atoms with van der Waals surface area (Å²) in [6.07, 6.45) is 1.92. The molecule has 1 atom stereocenters. The van der Waals surface area contributed by atoms with Gasteiger partial charge >= 0.3 is 0 Å². The molecule has 1 aliphatic rings. The van der Waals surface area contributed by atoms with Crippen molar-refractivity contribution in [2.24, 2.45) is 0 Å². The van der Waals surface area contributed by atoms with Crippen LogP contribution in [0.4, 0.5) is 0 Å². The zero-order chi connectivity index (χ0) is 15.4. The van der Waals surface area contributed by atoms with Gasteiger partial charge in [0.05, 0.1) is 11.0 Å². The quantitative estimate of drug-likeness (QED) is 0.814. The molecule has 0 spiro atoms. The second kappa shape index (κ2) is 6.91. The Morgan fingerprint density at radius 3 is 2.64 bits per heavy atom. The minimum absolute atomic E-state index is 0.00144. The van der Waals surface area contributed by atoms with Crippen molar-refractivity contribution in [3.63, 3.8) is 0 Å². The summed E-state index contributed by atoms with van der Waals surface area (Å²) in [4.78, 5) is 1.38. The van der Waals surface area contributed by atoms with Gasteiger partial charge in [0.2, 0.25) is 10.0 Å². The fourth-order valence-corrected chi connectivity index (χ4v) is 4.85. The Morgan fingerprint density at radius 1 is 1.18 bits per heavy atom. The highest BCUT2D eigenvalue weighted by Gasteiger charge is 2.29. The van der Waals surface area contributed by atoms with E-state index < -0.39 is 10.0 Å². The Morgan fingerprint density at radius 2 is 2.00 bits per heavy atom. The zero-order valence-electron chi connectivity index (χ0n) is 12.2. The highest BCUT2D eigenvalue weighted by Crippen LogP contribution is 2.23. The number of hydrogen-bond acceptors (Lipinski definition) is 4. The van der Waals surface area contributed by atoms with E-state index >= 15 is 0 Å². The van der Waals surface area contributed by atoms with Crippen LogP contribution < -0.4 is 0 Å². The lowest BCUT2D eigenvalue weighted by atomic mass is 10.2. The van der Waals surface area contributed by atoms with Crippen LogP contribution >= 0.6 is 11.3 Å². The van der Waals surface area contributed by atoms with Crippen molar-refractivity contribution in [3.05, 3.63) is 52.7 Å². The molecule has 2 heterocycles. The average molecular weight is 337 g/mol. The van der Waals surface area contributed by atoms with Gasteiger partial charge in [0.1, 0.15) is 0 Å². The Bertz CT molecular complexity index is 677. The molecule has 1 unspecified atom stereocenters. The topological polar surface area (TPSA) is 46.6 Å². The van der Waals surface area contributed by atoms with Gasteiger partial charge in [0.25, 0.3) is 0 Å². The van der Waals surface area contributed by atoms with Crippen molar-refractivity contribution in [2.75, 3.05) is 13.2 Å². The molecule has 0 saturated carbocycles. The molecule has 0 amide bonds. The van der Waals surface area contributed by atoms with E-state index in [2.05, 4.69) is 0 Å². The number of sulfonamides is 1. The largest absolute Gasteiger partial charge is 0.377 e. The SMILES string of the molecule is O=S(=O)(c1ccccc1)N(Cc1cccs1)CC1CCCO1. The zero-order valence-corrected chi connectivity index (χ0v) is 13.9. The minimum atomic E-state index is -3.50. The highest BCUT2D eigenvalue weighted by molar-refractivity contribution is 7.89. The van der Waals surface area contributed by atoms with E-state index in [1.165, 1.54) is 0 Å². The summed E-state index contributed by atoms with van der Waals surface area (Å²) in [5.41, 5.74) is 0. The molecular formula is C16H19NO3S2. The van der Waals surface area contributed by atoms with Crippen molar-refractivity contribution in [1.82, 2.24) is 4.31 Å². The summed E-state index contributed by atoms with van der Waals surface area (Å²) in [7, 11) is -3.50. The van der Waals surface area contributed by atoms with Crippen molar-refractivity contribution in [2.45, 2.75) is 30.4 Å². The van der Waals surface area contributed by atoms with E-state index in [-0.39, 0.29) is 6.10 Å². The molecule has 0 aliphatic carbocycles. The molecule has 22 heavy (non-hydrogen) atoms. The normalized spacial score (nSPS) is 18.9. The predicted octanol–water partition coefficient (Wildman–Crippen LogP) is 3.12. The van der Waals surface area contributed by atoms with E-state index in [0.29, 0.717) is 18.0 Å². The molecule has 4 nitrogen and oxygen atoms in total. The Kier molecular flexibility index (Phi) is 4.93. The molecule has 1 aromatic carbocycles. The van der Waals surface area contributed by atoms with Gasteiger partial charge in [-0.1, -0.05) is 24.3 Å². The van der Waals surface area contributed by atoms with Gasteiger partial charge < -0.3 is 4.74 Å². The molecule has 0 radical (unpaired) electrons. The predicted molar refractivity (Wildman–Crippen MR) is 87.3 cm³/mol. The molecule has 2 aromatic rings. The monoisotopic (exact) mass is 337 g/mol. The van der Waals surface area contributed by atoms with Gasteiger partial charge in [0.15, 0.2) is 0 Å². The van der Waals surface area contributed by atoms with Crippen LogP contribution in [0, 0.1) is 0 Å². The van der Waals surface area contributed by atoms with Crippen LogP contribution in [0.3, 0.4) is 0 Å². The lowest BCUT2D eigenvalue weighted by Gasteiger charge is -2.24. The van der Waals surface area contributed by atoms with Gasteiger partial charge in [-0.2, -0.15) is 4.31 Å². The highest BCUT2D eigenvalue weighted by atomic mass is 32.2. The van der Waals surface area contributed by atoms with Crippen LogP contribution in [0.5, 0.6) is 0 Å². The van der Waals surface area contributed by atoms with Gasteiger partial charge in [-0.05, 0) is 36.4 Å². The lowest BCUT2D eigenvalue weighted by Crippen LogP contribution is -2.36. The molecule has 1 saturated heterocycles. The number of ether oxygens (including phenoxy) is 1. The molecular weight excluding hydrogens is 318 g/mol. The fourth-order valence-electron chi connectivity index (χ4n) is 2.58. The van der Waals surface area contributed by atoms with E-state index in [4.69, 9.17) is 4.74 Å². The first-order chi connectivity index (χ1) is 10.7. The van der Waals surface area contributed by atoms with Crippen LogP contribution in [-0.4, -0.2) is 32.0 Å². The Labute approximate surface area is 135 Å². The Balaban J connectivity index is 1.86. The second-order valence-electron chi connectivity index (χ2n) is 5.33. The number of benzene rings is 1. The smallest absolute Gasteiger partial charge is 0.243 e. The third-order valence-corrected chi connectivity index (χ3v) is 6.41. The van der Waals surface area contributed by atoms with Gasteiger partial charge in [-0.15, -0.1) is 11.3 Å². The van der Waals surface area contributed by atoms with Crippen molar-refractivity contribution in [1.29, 1.82) is 0 Å². The summed E-state index contributed by atoms with van der Waals surface area (Å²) >= 11 is 1.57. The summed E-state index contributed by atoms with van der Waals surface area (Å²) in [6, 6.07) is 12.5. The van der Waals surface area contributed by atoms with Crippen LogP contribution in [-0.2, 0) is 21.3 Å². The molecule has 1 fully saturated rings. The molecule has 3 rings (SSSR count). The summed E-state index contributed by atoms with van der Waals surface area (Å²) in [5, 5.41) is 1.97. The van der Waals surface area contributed by atoms with E-state index in [1.807, 2.05) is 23.6 Å². The third-order valence-electron chi connectivity index (χ3n) is 3.72. The average Bonchev–Trinajstić information content (AvgIpc) is 3.21. The summed E-state index contributed by atoms with van der Waals surface area (Å²) in [5.74, 6) is 0.